The molecule has 0 bridgehead atoms. The minimum atomic E-state index is 0.235. The molecule has 0 aliphatic heterocycles. The third kappa shape index (κ3) is 7.33. The van der Waals surface area contributed by atoms with E-state index in [4.69, 9.17) is 9.73 Å². The predicted molar refractivity (Wildman–Crippen MR) is 106 cm³/mol. The van der Waals surface area contributed by atoms with E-state index in [-0.39, 0.29) is 6.61 Å². The summed E-state index contributed by atoms with van der Waals surface area (Å²) in [5.74, 6) is 1.28. The fraction of sp³-hybridized carbons (Fsp3) is 0.789. The zero-order chi connectivity index (χ0) is 19.4. The molecule has 7 heteroatoms. The van der Waals surface area contributed by atoms with Crippen LogP contribution in [-0.4, -0.2) is 54.3 Å². The van der Waals surface area contributed by atoms with E-state index in [2.05, 4.69) is 36.5 Å². The molecule has 1 aromatic heterocycles. The Labute approximate surface area is 158 Å². The maximum atomic E-state index is 9.22. The van der Waals surface area contributed by atoms with E-state index in [9.17, 15) is 5.11 Å². The molecule has 1 atom stereocenters. The van der Waals surface area contributed by atoms with Crippen LogP contribution in [0, 0.1) is 19.8 Å². The van der Waals surface area contributed by atoms with Crippen LogP contribution in [0.2, 0.25) is 0 Å². The Kier molecular flexibility index (Phi) is 11.0. The summed E-state index contributed by atoms with van der Waals surface area (Å²) in [6, 6.07) is 0. The van der Waals surface area contributed by atoms with Gasteiger partial charge in [0.05, 0.1) is 25.4 Å². The van der Waals surface area contributed by atoms with Crippen molar-refractivity contribution in [2.75, 3.05) is 33.4 Å². The van der Waals surface area contributed by atoms with Crippen molar-refractivity contribution in [3.63, 3.8) is 0 Å². The van der Waals surface area contributed by atoms with Crippen molar-refractivity contribution in [3.8, 4) is 0 Å². The lowest BCUT2D eigenvalue weighted by Gasteiger charge is -2.18. The van der Waals surface area contributed by atoms with Crippen LogP contribution in [0.5, 0.6) is 0 Å². The lowest BCUT2D eigenvalue weighted by Crippen LogP contribution is -2.40. The minimum absolute atomic E-state index is 0.235. The van der Waals surface area contributed by atoms with Crippen molar-refractivity contribution in [1.82, 2.24) is 20.4 Å². The average Bonchev–Trinajstić information content (AvgIpc) is 2.89. The Morgan fingerprint density at radius 2 is 2.04 bits per heavy atom. The van der Waals surface area contributed by atoms with Gasteiger partial charge >= 0.3 is 0 Å². The number of aryl methyl sites for hydroxylation is 1. The Morgan fingerprint density at radius 1 is 1.27 bits per heavy atom. The molecular weight excluding hydrogens is 330 g/mol. The number of nitrogens with one attached hydrogen (secondary N) is 2. The molecule has 0 aliphatic carbocycles. The summed E-state index contributed by atoms with van der Waals surface area (Å²) in [6.07, 6.45) is 3.06. The van der Waals surface area contributed by atoms with E-state index >= 15 is 0 Å². The van der Waals surface area contributed by atoms with Crippen LogP contribution in [0.4, 0.5) is 0 Å². The number of ether oxygens (including phenoxy) is 1. The quantitative estimate of drug-likeness (QED) is 0.389. The summed E-state index contributed by atoms with van der Waals surface area (Å²) in [6.45, 7) is 12.2. The van der Waals surface area contributed by atoms with Crippen molar-refractivity contribution in [3.05, 3.63) is 17.0 Å². The third-order valence-corrected chi connectivity index (χ3v) is 4.57. The fourth-order valence-corrected chi connectivity index (χ4v) is 3.04. The number of guanidine groups is 1. The predicted octanol–water partition coefficient (Wildman–Crippen LogP) is 2.00. The van der Waals surface area contributed by atoms with Crippen LogP contribution in [0.25, 0.3) is 0 Å². The van der Waals surface area contributed by atoms with Crippen LogP contribution in [0.3, 0.4) is 0 Å². The van der Waals surface area contributed by atoms with Crippen molar-refractivity contribution >= 4 is 5.96 Å². The molecule has 0 fully saturated rings. The number of hydrogen-bond acceptors (Lipinski definition) is 4. The number of aliphatic hydroxyl groups is 1. The molecule has 26 heavy (non-hydrogen) atoms. The molecule has 7 nitrogen and oxygen atoms in total. The van der Waals surface area contributed by atoms with Gasteiger partial charge in [0.2, 0.25) is 0 Å². The number of hydrogen-bond donors (Lipinski definition) is 3. The second-order valence-corrected chi connectivity index (χ2v) is 6.61. The average molecular weight is 368 g/mol. The number of aromatic nitrogens is 2. The summed E-state index contributed by atoms with van der Waals surface area (Å²) < 4.78 is 7.14. The summed E-state index contributed by atoms with van der Waals surface area (Å²) in [4.78, 5) is 4.74. The lowest BCUT2D eigenvalue weighted by molar-refractivity contribution is 0.182. The third-order valence-electron chi connectivity index (χ3n) is 4.57. The van der Waals surface area contributed by atoms with E-state index in [1.54, 1.807) is 7.11 Å². The largest absolute Gasteiger partial charge is 0.396 e. The van der Waals surface area contributed by atoms with E-state index in [0.717, 1.165) is 56.2 Å². The van der Waals surface area contributed by atoms with Gasteiger partial charge in [0.25, 0.3) is 0 Å². The van der Waals surface area contributed by atoms with E-state index < -0.39 is 0 Å². The van der Waals surface area contributed by atoms with E-state index in [1.165, 1.54) is 5.56 Å². The maximum Gasteiger partial charge on any atom is 0.191 e. The topological polar surface area (TPSA) is 83.7 Å². The highest BCUT2D eigenvalue weighted by Gasteiger charge is 2.12. The number of nitrogens with zero attached hydrogens (tertiary/aromatic N) is 3. The highest BCUT2D eigenvalue weighted by molar-refractivity contribution is 5.79. The van der Waals surface area contributed by atoms with Gasteiger partial charge in [-0.1, -0.05) is 13.3 Å². The second-order valence-electron chi connectivity index (χ2n) is 6.61. The molecule has 1 rings (SSSR count). The summed E-state index contributed by atoms with van der Waals surface area (Å²) in [5, 5.41) is 20.5. The monoisotopic (exact) mass is 367 g/mol. The first-order valence-corrected chi connectivity index (χ1v) is 9.72. The Bertz CT molecular complexity index is 536. The number of aliphatic hydroxyl groups excluding tert-OH is 1. The highest BCUT2D eigenvalue weighted by Crippen LogP contribution is 2.14. The van der Waals surface area contributed by atoms with Gasteiger partial charge in [0.15, 0.2) is 5.96 Å². The molecular formula is C19H37N5O2. The van der Waals surface area contributed by atoms with Crippen LogP contribution >= 0.6 is 0 Å². The number of aliphatic imine (C=N–C) groups is 1. The standard InChI is InChI=1S/C19H37N5O2/c1-6-8-17(9-11-25)13-21-19(20-7-2)22-14-18-15(3)23-24(16(18)4)10-12-26-5/h17,25H,6-14H2,1-5H3,(H2,20,21,22). The Hall–Kier alpha value is -1.60. The SMILES string of the molecule is CCCC(CCO)CNC(=NCc1c(C)nn(CCOC)c1C)NCC. The van der Waals surface area contributed by atoms with Gasteiger partial charge in [-0.15, -0.1) is 0 Å². The van der Waals surface area contributed by atoms with Crippen molar-refractivity contribution in [1.29, 1.82) is 0 Å². The first-order valence-electron chi connectivity index (χ1n) is 9.72. The first kappa shape index (κ1) is 22.4. The molecule has 0 aliphatic rings. The molecule has 1 unspecified atom stereocenters. The highest BCUT2D eigenvalue weighted by atomic mass is 16.5. The summed E-state index contributed by atoms with van der Waals surface area (Å²) in [5.41, 5.74) is 3.32. The first-order chi connectivity index (χ1) is 12.6. The van der Waals surface area contributed by atoms with Gasteiger partial charge in [-0.05, 0) is 39.5 Å². The summed E-state index contributed by atoms with van der Waals surface area (Å²) >= 11 is 0. The molecule has 0 saturated heterocycles. The van der Waals surface area contributed by atoms with Gasteiger partial charge in [-0.3, -0.25) is 4.68 Å². The van der Waals surface area contributed by atoms with Crippen molar-refractivity contribution < 1.29 is 9.84 Å². The Balaban J connectivity index is 2.75. The molecule has 0 spiro atoms. The normalized spacial score (nSPS) is 13.1. The molecule has 0 aromatic carbocycles. The molecule has 1 aromatic rings. The van der Waals surface area contributed by atoms with Crippen LogP contribution in [0.1, 0.15) is 50.1 Å². The fourth-order valence-electron chi connectivity index (χ4n) is 3.04. The molecule has 3 N–H and O–H groups in total. The van der Waals surface area contributed by atoms with Crippen molar-refractivity contribution in [2.24, 2.45) is 10.9 Å². The zero-order valence-electron chi connectivity index (χ0n) is 17.1. The van der Waals surface area contributed by atoms with Crippen molar-refractivity contribution in [2.45, 2.75) is 60.0 Å². The van der Waals surface area contributed by atoms with Gasteiger partial charge in [-0.2, -0.15) is 5.10 Å². The molecule has 0 saturated carbocycles. The number of rotatable bonds is 12. The van der Waals surface area contributed by atoms with Crippen LogP contribution in [0.15, 0.2) is 4.99 Å². The molecule has 150 valence electrons. The van der Waals surface area contributed by atoms with Gasteiger partial charge in [0.1, 0.15) is 0 Å². The maximum absolute atomic E-state index is 9.22. The summed E-state index contributed by atoms with van der Waals surface area (Å²) in [7, 11) is 1.70. The minimum Gasteiger partial charge on any atom is -0.396 e. The zero-order valence-corrected chi connectivity index (χ0v) is 17.1. The second kappa shape index (κ2) is 12.7. The van der Waals surface area contributed by atoms with Gasteiger partial charge in [0, 0.05) is 38.1 Å². The lowest BCUT2D eigenvalue weighted by atomic mass is 10.0. The molecule has 0 amide bonds. The molecule has 0 radical (unpaired) electrons. The number of methoxy groups -OCH3 is 1. The molecule has 1 heterocycles. The van der Waals surface area contributed by atoms with Crippen LogP contribution < -0.4 is 10.6 Å². The van der Waals surface area contributed by atoms with Gasteiger partial charge < -0.3 is 20.5 Å². The van der Waals surface area contributed by atoms with Gasteiger partial charge in [-0.25, -0.2) is 4.99 Å². The van der Waals surface area contributed by atoms with E-state index in [0.29, 0.717) is 19.1 Å². The van der Waals surface area contributed by atoms with E-state index in [1.807, 2.05) is 11.6 Å². The van der Waals surface area contributed by atoms with Crippen LogP contribution in [-0.2, 0) is 17.8 Å². The smallest absolute Gasteiger partial charge is 0.191 e. The Morgan fingerprint density at radius 3 is 2.65 bits per heavy atom.